The number of rotatable bonds is 12. The molecule has 3 aromatic carbocycles. The van der Waals surface area contributed by atoms with Crippen molar-refractivity contribution in [3.63, 3.8) is 0 Å². The first-order valence-electron chi connectivity index (χ1n) is 12.4. The Bertz CT molecular complexity index is 879. The lowest BCUT2D eigenvalue weighted by molar-refractivity contribution is 0.607. The molecule has 0 bridgehead atoms. The maximum atomic E-state index is 17.1. The fraction of sp³-hybridized carbons (Fsp3) is 0.400. The van der Waals surface area contributed by atoms with E-state index in [1.165, 1.54) is 55.2 Å². The Balaban J connectivity index is 1.84. The lowest BCUT2D eigenvalue weighted by Crippen LogP contribution is -1.99. The maximum absolute atomic E-state index is 17.1. The van der Waals surface area contributed by atoms with Crippen LogP contribution in [-0.4, -0.2) is 0 Å². The van der Waals surface area contributed by atoms with Gasteiger partial charge in [0.2, 0.25) is 0 Å². The van der Waals surface area contributed by atoms with E-state index < -0.39 is 10.4 Å². The predicted octanol–water partition coefficient (Wildman–Crippen LogP) is 9.88. The van der Waals surface area contributed by atoms with Gasteiger partial charge >= 0.3 is 0 Å². The molecule has 0 atom stereocenters. The van der Waals surface area contributed by atoms with Gasteiger partial charge < -0.3 is 0 Å². The molecule has 172 valence electrons. The molecule has 0 aromatic heterocycles. The smallest absolute Gasteiger partial charge is 0.0263 e. The minimum Gasteiger partial charge on any atom is -0.175 e. The topological polar surface area (TPSA) is 0 Å². The third-order valence-electron chi connectivity index (χ3n) is 6.38. The van der Waals surface area contributed by atoms with Gasteiger partial charge in [0, 0.05) is 14.7 Å². The Kier molecular flexibility index (Phi) is 9.41. The molecule has 0 radical (unpaired) electrons. The summed E-state index contributed by atoms with van der Waals surface area (Å²) in [4.78, 5) is 2.35. The Morgan fingerprint density at radius 1 is 0.500 bits per heavy atom. The van der Waals surface area contributed by atoms with E-state index in [-0.39, 0.29) is 0 Å². The molecule has 32 heavy (non-hydrogen) atoms. The zero-order chi connectivity index (χ0) is 22.8. The van der Waals surface area contributed by atoms with Crippen LogP contribution in [0, 0.1) is 0 Å². The second-order valence-corrected chi connectivity index (χ2v) is 11.2. The van der Waals surface area contributed by atoms with Gasteiger partial charge in [-0.2, -0.15) is 3.89 Å². The van der Waals surface area contributed by atoms with Crippen molar-refractivity contribution in [3.05, 3.63) is 89.5 Å². The van der Waals surface area contributed by atoms with Gasteiger partial charge in [0.25, 0.3) is 0 Å². The highest BCUT2D eigenvalue weighted by molar-refractivity contribution is 8.29. The first-order chi connectivity index (χ1) is 15.6. The minimum absolute atomic E-state index is 0.780. The highest BCUT2D eigenvalue weighted by Gasteiger charge is 2.31. The fourth-order valence-electron chi connectivity index (χ4n) is 4.19. The van der Waals surface area contributed by atoms with Crippen LogP contribution in [0.1, 0.15) is 76.0 Å². The number of hydrogen-bond donors (Lipinski definition) is 0. The Morgan fingerprint density at radius 3 is 1.28 bits per heavy atom. The zero-order valence-electron chi connectivity index (χ0n) is 20.1. The Hall–Kier alpha value is -2.06. The van der Waals surface area contributed by atoms with Crippen LogP contribution in [0.2, 0.25) is 0 Å². The molecule has 0 spiro atoms. The monoisotopic (exact) mass is 450 g/mol. The van der Waals surface area contributed by atoms with Crippen molar-refractivity contribution in [1.82, 2.24) is 0 Å². The van der Waals surface area contributed by atoms with Crippen molar-refractivity contribution in [2.24, 2.45) is 0 Å². The molecule has 0 fully saturated rings. The van der Waals surface area contributed by atoms with Gasteiger partial charge in [-0.25, -0.2) is 0 Å². The molecular weight excluding hydrogens is 411 g/mol. The second kappa shape index (κ2) is 12.3. The molecular formula is C30H39FS. The third kappa shape index (κ3) is 6.04. The molecule has 0 amide bonds. The van der Waals surface area contributed by atoms with E-state index >= 15 is 3.89 Å². The zero-order valence-corrected chi connectivity index (χ0v) is 20.9. The van der Waals surface area contributed by atoms with Crippen molar-refractivity contribution < 1.29 is 3.89 Å². The number of hydrogen-bond acceptors (Lipinski definition) is 0. The molecule has 0 aliphatic heterocycles. The summed E-state index contributed by atoms with van der Waals surface area (Å²) in [5.74, 6) is 0. The highest BCUT2D eigenvalue weighted by atomic mass is 32.3. The summed E-state index contributed by atoms with van der Waals surface area (Å²) in [5, 5.41) is 0. The van der Waals surface area contributed by atoms with Gasteiger partial charge in [-0.3, -0.25) is 0 Å². The summed E-state index contributed by atoms with van der Waals surface area (Å²) in [7, 11) is -2.78. The van der Waals surface area contributed by atoms with Crippen molar-refractivity contribution in [1.29, 1.82) is 0 Å². The number of benzene rings is 3. The van der Waals surface area contributed by atoms with Crippen LogP contribution in [0.15, 0.2) is 87.5 Å². The summed E-state index contributed by atoms with van der Waals surface area (Å²) < 4.78 is 17.1. The van der Waals surface area contributed by atoms with Crippen molar-refractivity contribution in [2.45, 2.75) is 93.2 Å². The van der Waals surface area contributed by atoms with E-state index in [0.717, 1.165) is 33.9 Å². The quantitative estimate of drug-likeness (QED) is 0.241. The first kappa shape index (κ1) is 24.6. The molecule has 0 saturated carbocycles. The number of aryl methyl sites for hydroxylation is 3. The molecule has 0 nitrogen and oxygen atoms in total. The molecule has 2 heteroatoms. The van der Waals surface area contributed by atoms with Gasteiger partial charge in [0.1, 0.15) is 0 Å². The molecule has 3 rings (SSSR count). The maximum Gasteiger partial charge on any atom is 0.0263 e. The summed E-state index contributed by atoms with van der Waals surface area (Å²) in [6.45, 7) is 6.53. The summed E-state index contributed by atoms with van der Waals surface area (Å²) >= 11 is 0. The Labute approximate surface area is 196 Å². The minimum atomic E-state index is -2.78. The van der Waals surface area contributed by atoms with E-state index in [2.05, 4.69) is 57.2 Å². The lowest BCUT2D eigenvalue weighted by Gasteiger charge is -2.32. The van der Waals surface area contributed by atoms with Crippen molar-refractivity contribution >= 4 is 10.4 Å². The van der Waals surface area contributed by atoms with Gasteiger partial charge in [-0.15, -0.1) is 0 Å². The van der Waals surface area contributed by atoms with Crippen LogP contribution >= 0.6 is 10.4 Å². The molecule has 0 aliphatic carbocycles. The molecule has 0 N–H and O–H groups in total. The van der Waals surface area contributed by atoms with Crippen LogP contribution in [0.3, 0.4) is 0 Å². The SMILES string of the molecule is CCCCCCCCc1ccc(S(F)(c2ccc(CC)cc2)c2ccc(CC)cc2)cc1. The molecule has 0 unspecified atom stereocenters. The first-order valence-corrected chi connectivity index (χ1v) is 13.9. The average Bonchev–Trinajstić information content (AvgIpc) is 2.86. The Morgan fingerprint density at radius 2 is 0.875 bits per heavy atom. The lowest BCUT2D eigenvalue weighted by atomic mass is 10.1. The molecule has 0 saturated heterocycles. The summed E-state index contributed by atoms with van der Waals surface area (Å²) in [6.07, 6.45) is 10.8. The van der Waals surface area contributed by atoms with Gasteiger partial charge in [-0.1, -0.05) is 89.3 Å². The summed E-state index contributed by atoms with van der Waals surface area (Å²) in [6, 6.07) is 24.6. The van der Waals surface area contributed by atoms with Gasteiger partial charge in [0.15, 0.2) is 0 Å². The van der Waals surface area contributed by atoms with Crippen LogP contribution < -0.4 is 0 Å². The third-order valence-corrected chi connectivity index (χ3v) is 9.15. The van der Waals surface area contributed by atoms with E-state index in [4.69, 9.17) is 0 Å². The van der Waals surface area contributed by atoms with Crippen LogP contribution in [0.4, 0.5) is 3.89 Å². The van der Waals surface area contributed by atoms with E-state index in [1.807, 2.05) is 36.4 Å². The van der Waals surface area contributed by atoms with E-state index in [9.17, 15) is 0 Å². The van der Waals surface area contributed by atoms with Crippen LogP contribution in [0.5, 0.6) is 0 Å². The molecule has 0 aliphatic rings. The standard InChI is InChI=1S/C30H39FS/c1-4-7-8-9-10-11-12-27-17-23-30(24-18-27)32(31,28-19-13-25(5-2)14-20-28)29-21-15-26(6-3)16-22-29/h13-24H,4-12H2,1-3H3. The number of halogens is 1. The van der Waals surface area contributed by atoms with Crippen LogP contribution in [-0.2, 0) is 19.3 Å². The van der Waals surface area contributed by atoms with E-state index in [0.29, 0.717) is 0 Å². The average molecular weight is 451 g/mol. The van der Waals surface area contributed by atoms with Gasteiger partial charge in [0.05, 0.1) is 0 Å². The van der Waals surface area contributed by atoms with Crippen molar-refractivity contribution in [3.8, 4) is 0 Å². The summed E-state index contributed by atoms with van der Waals surface area (Å²) in [5.41, 5.74) is 3.80. The second-order valence-electron chi connectivity index (χ2n) is 8.69. The highest BCUT2D eigenvalue weighted by Crippen LogP contribution is 2.69. The van der Waals surface area contributed by atoms with Crippen LogP contribution in [0.25, 0.3) is 0 Å². The fourth-order valence-corrected chi connectivity index (χ4v) is 6.54. The van der Waals surface area contributed by atoms with Gasteiger partial charge in [-0.05, 0) is 89.2 Å². The van der Waals surface area contributed by atoms with Crippen molar-refractivity contribution in [2.75, 3.05) is 0 Å². The number of unbranched alkanes of at least 4 members (excludes halogenated alkanes) is 5. The molecule has 0 heterocycles. The van der Waals surface area contributed by atoms with E-state index in [1.54, 1.807) is 0 Å². The largest absolute Gasteiger partial charge is 0.175 e. The normalized spacial score (nSPS) is 12.1. The predicted molar refractivity (Wildman–Crippen MR) is 139 cm³/mol. The molecule has 3 aromatic rings.